The molecule has 150 valence electrons. The van der Waals surface area contributed by atoms with Crippen LogP contribution in [0.3, 0.4) is 0 Å². The molecule has 0 radical (unpaired) electrons. The van der Waals surface area contributed by atoms with Crippen LogP contribution in [0.25, 0.3) is 0 Å². The lowest BCUT2D eigenvalue weighted by Crippen LogP contribution is -2.12. The van der Waals surface area contributed by atoms with Crippen molar-refractivity contribution >= 4 is 35.3 Å². The van der Waals surface area contributed by atoms with Crippen molar-refractivity contribution in [2.24, 2.45) is 0 Å². The van der Waals surface area contributed by atoms with Gasteiger partial charge in [-0.15, -0.1) is 23.7 Å². The first-order valence-electron chi connectivity index (χ1n) is 8.71. The molecule has 0 unspecified atom stereocenters. The van der Waals surface area contributed by atoms with Gasteiger partial charge in [0.2, 0.25) is 0 Å². The van der Waals surface area contributed by atoms with Gasteiger partial charge in [-0.05, 0) is 53.8 Å². The molecular weight excluding hydrogens is 420 g/mol. The zero-order valence-corrected chi connectivity index (χ0v) is 17.8. The number of hydrogen-bond acceptors (Lipinski definition) is 4. The summed E-state index contributed by atoms with van der Waals surface area (Å²) >= 11 is 8.17. The molecule has 1 aromatic heterocycles. The smallest absolute Gasteiger partial charge is 0.180 e. The molecule has 3 nitrogen and oxygen atoms in total. The standard InChI is InChI=1S/C21H21ClFNO2S.ClH/c1-2-25-20-11-16(12-24-13-18-4-3-9-27-18)10-19(22)21(20)26-14-15-5-7-17(23)8-6-15;/h3-11,24H,2,12-14H2,1H3;1H. The van der Waals surface area contributed by atoms with Crippen LogP contribution >= 0.6 is 35.3 Å². The summed E-state index contributed by atoms with van der Waals surface area (Å²) in [5, 5.41) is 5.96. The van der Waals surface area contributed by atoms with Gasteiger partial charge in [-0.25, -0.2) is 4.39 Å². The second kappa shape index (κ2) is 11.3. The third-order valence-electron chi connectivity index (χ3n) is 3.87. The molecule has 0 saturated carbocycles. The average molecular weight is 442 g/mol. The number of nitrogens with one attached hydrogen (secondary N) is 1. The van der Waals surface area contributed by atoms with Crippen molar-refractivity contribution in [3.05, 3.63) is 80.8 Å². The van der Waals surface area contributed by atoms with Gasteiger partial charge in [-0.1, -0.05) is 29.8 Å². The fourth-order valence-electron chi connectivity index (χ4n) is 2.61. The molecule has 1 heterocycles. The fraction of sp³-hybridized carbons (Fsp3) is 0.238. The van der Waals surface area contributed by atoms with Crippen molar-refractivity contribution in [2.45, 2.75) is 26.6 Å². The van der Waals surface area contributed by atoms with E-state index in [4.69, 9.17) is 21.1 Å². The van der Waals surface area contributed by atoms with Crippen LogP contribution in [0.1, 0.15) is 22.9 Å². The fourth-order valence-corrected chi connectivity index (χ4v) is 3.57. The van der Waals surface area contributed by atoms with Crippen LogP contribution in [0.5, 0.6) is 11.5 Å². The summed E-state index contributed by atoms with van der Waals surface area (Å²) < 4.78 is 24.6. The maximum atomic E-state index is 13.0. The van der Waals surface area contributed by atoms with Crippen molar-refractivity contribution in [1.82, 2.24) is 5.32 Å². The minimum Gasteiger partial charge on any atom is -0.490 e. The van der Waals surface area contributed by atoms with E-state index in [0.29, 0.717) is 29.7 Å². The maximum absolute atomic E-state index is 13.0. The monoisotopic (exact) mass is 441 g/mol. The van der Waals surface area contributed by atoms with Gasteiger partial charge in [0.15, 0.2) is 11.5 Å². The van der Waals surface area contributed by atoms with Crippen LogP contribution in [0, 0.1) is 5.82 Å². The molecule has 0 fully saturated rings. The number of benzene rings is 2. The molecular formula is C21H22Cl2FNO2S. The minimum absolute atomic E-state index is 0. The maximum Gasteiger partial charge on any atom is 0.180 e. The summed E-state index contributed by atoms with van der Waals surface area (Å²) in [4.78, 5) is 1.28. The van der Waals surface area contributed by atoms with E-state index < -0.39 is 0 Å². The van der Waals surface area contributed by atoms with E-state index in [1.54, 1.807) is 23.5 Å². The zero-order chi connectivity index (χ0) is 19.1. The largest absolute Gasteiger partial charge is 0.490 e. The van der Waals surface area contributed by atoms with E-state index in [9.17, 15) is 4.39 Å². The molecule has 0 spiro atoms. The van der Waals surface area contributed by atoms with Gasteiger partial charge >= 0.3 is 0 Å². The van der Waals surface area contributed by atoms with E-state index >= 15 is 0 Å². The summed E-state index contributed by atoms with van der Waals surface area (Å²) in [6.45, 7) is 4.20. The van der Waals surface area contributed by atoms with Gasteiger partial charge in [-0.3, -0.25) is 0 Å². The van der Waals surface area contributed by atoms with Crippen LogP contribution in [0.15, 0.2) is 53.9 Å². The summed E-state index contributed by atoms with van der Waals surface area (Å²) in [6.07, 6.45) is 0. The van der Waals surface area contributed by atoms with E-state index in [2.05, 4.69) is 16.8 Å². The third kappa shape index (κ3) is 6.38. The van der Waals surface area contributed by atoms with Gasteiger partial charge in [0.25, 0.3) is 0 Å². The molecule has 7 heteroatoms. The Morgan fingerprint density at radius 3 is 2.50 bits per heavy atom. The highest BCUT2D eigenvalue weighted by Crippen LogP contribution is 2.37. The predicted octanol–water partition coefficient (Wildman–Crippen LogP) is 6.23. The lowest BCUT2D eigenvalue weighted by atomic mass is 10.2. The molecule has 3 aromatic rings. The lowest BCUT2D eigenvalue weighted by Gasteiger charge is -2.15. The van der Waals surface area contributed by atoms with E-state index in [0.717, 1.165) is 17.7 Å². The van der Waals surface area contributed by atoms with Crippen LogP contribution < -0.4 is 14.8 Å². The minimum atomic E-state index is -0.272. The van der Waals surface area contributed by atoms with Crippen LogP contribution in [0.4, 0.5) is 4.39 Å². The quantitative estimate of drug-likeness (QED) is 0.426. The highest BCUT2D eigenvalue weighted by Gasteiger charge is 2.13. The van der Waals surface area contributed by atoms with Gasteiger partial charge in [0, 0.05) is 18.0 Å². The Morgan fingerprint density at radius 2 is 1.82 bits per heavy atom. The number of halogens is 3. The van der Waals surface area contributed by atoms with E-state index in [1.165, 1.54) is 17.0 Å². The Bertz CT molecular complexity index is 858. The normalized spacial score (nSPS) is 10.4. The van der Waals surface area contributed by atoms with Gasteiger partial charge in [-0.2, -0.15) is 0 Å². The molecule has 0 aliphatic heterocycles. The van der Waals surface area contributed by atoms with Crippen LogP contribution in [-0.2, 0) is 19.7 Å². The van der Waals surface area contributed by atoms with Crippen molar-refractivity contribution in [1.29, 1.82) is 0 Å². The first-order valence-corrected chi connectivity index (χ1v) is 9.97. The highest BCUT2D eigenvalue weighted by atomic mass is 35.5. The highest BCUT2D eigenvalue weighted by molar-refractivity contribution is 7.09. The van der Waals surface area contributed by atoms with Gasteiger partial charge in [0.05, 0.1) is 11.6 Å². The first-order chi connectivity index (χ1) is 13.2. The molecule has 28 heavy (non-hydrogen) atoms. The first kappa shape index (κ1) is 22.5. The molecule has 1 N–H and O–H groups in total. The third-order valence-corrected chi connectivity index (χ3v) is 5.03. The molecule has 0 aliphatic rings. The van der Waals surface area contributed by atoms with Gasteiger partial charge in [0.1, 0.15) is 12.4 Å². The van der Waals surface area contributed by atoms with Crippen LogP contribution in [0.2, 0.25) is 5.02 Å². The number of hydrogen-bond donors (Lipinski definition) is 1. The summed E-state index contributed by atoms with van der Waals surface area (Å²) in [5.74, 6) is 0.844. The summed E-state index contributed by atoms with van der Waals surface area (Å²) in [5.41, 5.74) is 1.88. The number of rotatable bonds is 9. The van der Waals surface area contributed by atoms with Crippen molar-refractivity contribution in [3.63, 3.8) is 0 Å². The van der Waals surface area contributed by atoms with Crippen molar-refractivity contribution in [2.75, 3.05) is 6.61 Å². The van der Waals surface area contributed by atoms with Crippen LogP contribution in [-0.4, -0.2) is 6.61 Å². The number of thiophene rings is 1. The Hall–Kier alpha value is -1.79. The second-order valence-corrected chi connectivity index (χ2v) is 7.38. The summed E-state index contributed by atoms with van der Waals surface area (Å²) in [7, 11) is 0. The molecule has 0 atom stereocenters. The Balaban J connectivity index is 0.00000280. The molecule has 3 rings (SSSR count). The van der Waals surface area contributed by atoms with Crippen molar-refractivity contribution in [3.8, 4) is 11.5 Å². The SMILES string of the molecule is CCOc1cc(CNCc2cccs2)cc(Cl)c1OCc1ccc(F)cc1.Cl. The topological polar surface area (TPSA) is 30.5 Å². The molecule has 0 saturated heterocycles. The molecule has 0 aliphatic carbocycles. The van der Waals surface area contributed by atoms with E-state index in [-0.39, 0.29) is 24.8 Å². The Morgan fingerprint density at radius 1 is 1.04 bits per heavy atom. The zero-order valence-electron chi connectivity index (χ0n) is 15.4. The van der Waals surface area contributed by atoms with Gasteiger partial charge < -0.3 is 14.8 Å². The molecule has 2 aromatic carbocycles. The predicted molar refractivity (Wildman–Crippen MR) is 115 cm³/mol. The molecule has 0 amide bonds. The molecule has 0 bridgehead atoms. The summed E-state index contributed by atoms with van der Waals surface area (Å²) in [6, 6.07) is 14.2. The van der Waals surface area contributed by atoms with E-state index in [1.807, 2.05) is 25.1 Å². The lowest BCUT2D eigenvalue weighted by molar-refractivity contribution is 0.269. The van der Waals surface area contributed by atoms with Crippen molar-refractivity contribution < 1.29 is 13.9 Å². The average Bonchev–Trinajstić information content (AvgIpc) is 3.16. The Kier molecular flexibility index (Phi) is 9.06. The number of ether oxygens (including phenoxy) is 2. The Labute approximate surface area is 179 Å². The second-order valence-electron chi connectivity index (χ2n) is 5.94.